The summed E-state index contributed by atoms with van der Waals surface area (Å²) >= 11 is 0. The van der Waals surface area contributed by atoms with Gasteiger partial charge >= 0.3 is 0 Å². The van der Waals surface area contributed by atoms with Gasteiger partial charge in [-0.15, -0.1) is 0 Å². The smallest absolute Gasteiger partial charge is 0.248 e. The summed E-state index contributed by atoms with van der Waals surface area (Å²) in [5.74, 6) is 1.85. The largest absolute Gasteiger partial charge is 0.493 e. The summed E-state index contributed by atoms with van der Waals surface area (Å²) < 4.78 is 24.5. The van der Waals surface area contributed by atoms with Crippen LogP contribution in [0, 0.1) is 6.92 Å². The predicted octanol–water partition coefficient (Wildman–Crippen LogP) is 2.77. The second kappa shape index (κ2) is 14.2. The lowest BCUT2D eigenvalue weighted by Gasteiger charge is -2.33. The van der Waals surface area contributed by atoms with Crippen molar-refractivity contribution in [3.05, 3.63) is 72.1 Å². The van der Waals surface area contributed by atoms with Crippen LogP contribution in [0.1, 0.15) is 17.5 Å². The molecule has 10 nitrogen and oxygen atoms in total. The molecule has 2 aromatic carbocycles. The number of aliphatic hydroxyl groups is 1. The summed E-state index contributed by atoms with van der Waals surface area (Å²) in [6, 6.07) is 15.5. The summed E-state index contributed by atoms with van der Waals surface area (Å²) in [4.78, 5) is 16.5. The first-order valence-corrected chi connectivity index (χ1v) is 13.6. The highest BCUT2D eigenvalue weighted by molar-refractivity contribution is 5.77. The normalized spacial score (nSPS) is 17.9. The average Bonchev–Trinajstić information content (AvgIpc) is 3.41. The minimum absolute atomic E-state index is 0.0322. The van der Waals surface area contributed by atoms with Gasteiger partial charge in [0.15, 0.2) is 11.5 Å². The van der Waals surface area contributed by atoms with Crippen LogP contribution in [0.5, 0.6) is 17.2 Å². The topological polar surface area (TPSA) is 98.5 Å². The Kier molecular flexibility index (Phi) is 10.4. The van der Waals surface area contributed by atoms with Crippen LogP contribution in [0.15, 0.2) is 60.9 Å². The van der Waals surface area contributed by atoms with Crippen LogP contribution in [-0.4, -0.2) is 96.4 Å². The molecule has 0 aliphatic carbocycles. The summed E-state index contributed by atoms with van der Waals surface area (Å²) in [6.45, 7) is 5.48. The summed E-state index contributed by atoms with van der Waals surface area (Å²) in [7, 11) is 3.12. The Balaban J connectivity index is 1.41. The van der Waals surface area contributed by atoms with Gasteiger partial charge in [-0.2, -0.15) is 5.10 Å². The minimum Gasteiger partial charge on any atom is -0.493 e. The molecule has 1 atom stereocenters. The van der Waals surface area contributed by atoms with Gasteiger partial charge in [0.1, 0.15) is 24.6 Å². The number of methoxy groups -OCH3 is 2. The first-order chi connectivity index (χ1) is 19.4. The van der Waals surface area contributed by atoms with Crippen molar-refractivity contribution in [2.75, 3.05) is 60.2 Å². The molecular formula is C30H40N4O6. The van der Waals surface area contributed by atoms with E-state index in [0.29, 0.717) is 50.0 Å². The standard InChI is InChI=1S/C30H40N4O6/c1-24-6-9-26(10-7-24)40-23-30(36)21-32(15-16-33(22-30)29(35)20-37-2)19-25-8-11-27(28(18-25)38-3)39-17-5-14-34-13-4-12-31-34/h4,6-13,18,36H,5,14-17,19-23H2,1-3H3/t30-/m1/s1. The van der Waals surface area contributed by atoms with E-state index in [0.717, 1.165) is 24.1 Å². The second-order valence-corrected chi connectivity index (χ2v) is 10.2. The van der Waals surface area contributed by atoms with Crippen molar-refractivity contribution in [2.45, 2.75) is 32.0 Å². The van der Waals surface area contributed by atoms with Crippen molar-refractivity contribution in [3.63, 3.8) is 0 Å². The molecule has 0 unspecified atom stereocenters. The van der Waals surface area contributed by atoms with Gasteiger partial charge in [0.05, 0.1) is 20.3 Å². The third-order valence-electron chi connectivity index (χ3n) is 6.82. The molecule has 1 amide bonds. The fraction of sp³-hybridized carbons (Fsp3) is 0.467. The molecule has 1 aliphatic rings. The average molecular weight is 553 g/mol. The number of hydrogen-bond donors (Lipinski definition) is 1. The number of aryl methyl sites for hydroxylation is 2. The summed E-state index contributed by atoms with van der Waals surface area (Å²) in [6.07, 6.45) is 4.52. The molecule has 0 saturated carbocycles. The minimum atomic E-state index is -1.27. The summed E-state index contributed by atoms with van der Waals surface area (Å²) in [5, 5.41) is 15.9. The van der Waals surface area contributed by atoms with E-state index in [1.54, 1.807) is 18.2 Å². The van der Waals surface area contributed by atoms with Gasteiger partial charge in [0, 0.05) is 58.6 Å². The Morgan fingerprint density at radius 2 is 1.88 bits per heavy atom. The van der Waals surface area contributed by atoms with Gasteiger partial charge in [0.25, 0.3) is 0 Å². The molecule has 0 spiro atoms. The molecule has 2 heterocycles. The molecule has 1 fully saturated rings. The Labute approximate surface area is 236 Å². The predicted molar refractivity (Wildman–Crippen MR) is 151 cm³/mol. The monoisotopic (exact) mass is 552 g/mol. The van der Waals surface area contributed by atoms with Gasteiger partial charge in [0.2, 0.25) is 5.91 Å². The molecule has 1 aromatic heterocycles. The van der Waals surface area contributed by atoms with Crippen molar-refractivity contribution >= 4 is 5.91 Å². The molecule has 1 saturated heterocycles. The maximum atomic E-state index is 12.7. The van der Waals surface area contributed by atoms with Crippen LogP contribution in [-0.2, 0) is 22.6 Å². The lowest BCUT2D eigenvalue weighted by molar-refractivity contribution is -0.138. The summed E-state index contributed by atoms with van der Waals surface area (Å²) in [5.41, 5.74) is 0.871. The number of ether oxygens (including phenoxy) is 4. The SMILES string of the molecule is COCC(=O)N1CCN(Cc2ccc(OCCCn3cccn3)c(OC)c2)C[C@](O)(COc2ccc(C)cc2)C1. The number of amides is 1. The molecule has 1 N–H and O–H groups in total. The molecule has 216 valence electrons. The zero-order valence-corrected chi connectivity index (χ0v) is 23.6. The molecular weight excluding hydrogens is 512 g/mol. The van der Waals surface area contributed by atoms with E-state index >= 15 is 0 Å². The third kappa shape index (κ3) is 8.45. The van der Waals surface area contributed by atoms with Crippen molar-refractivity contribution in [1.82, 2.24) is 19.6 Å². The van der Waals surface area contributed by atoms with Gasteiger partial charge in [-0.1, -0.05) is 23.8 Å². The van der Waals surface area contributed by atoms with Crippen LogP contribution in [0.3, 0.4) is 0 Å². The van der Waals surface area contributed by atoms with Crippen LogP contribution >= 0.6 is 0 Å². The number of carbonyl (C=O) groups is 1. The van der Waals surface area contributed by atoms with Crippen molar-refractivity contribution in [2.24, 2.45) is 0 Å². The fourth-order valence-electron chi connectivity index (χ4n) is 4.78. The number of hydrogen-bond acceptors (Lipinski definition) is 8. The number of nitrogens with zero attached hydrogens (tertiary/aromatic N) is 4. The molecule has 1 aliphatic heterocycles. The quantitative estimate of drug-likeness (QED) is 0.324. The number of β-amino-alcohol motifs (C(OH)–C–C–N with tert-alkyl or cyclic N) is 1. The van der Waals surface area contributed by atoms with E-state index in [2.05, 4.69) is 10.00 Å². The number of carbonyl (C=O) groups excluding carboxylic acids is 1. The van der Waals surface area contributed by atoms with Crippen LogP contribution in [0.4, 0.5) is 0 Å². The van der Waals surface area contributed by atoms with Crippen molar-refractivity contribution in [3.8, 4) is 17.2 Å². The van der Waals surface area contributed by atoms with Crippen molar-refractivity contribution in [1.29, 1.82) is 0 Å². The Morgan fingerprint density at radius 3 is 2.60 bits per heavy atom. The number of rotatable bonds is 13. The first-order valence-electron chi connectivity index (χ1n) is 13.6. The lowest BCUT2D eigenvalue weighted by atomic mass is 10.0. The zero-order valence-electron chi connectivity index (χ0n) is 23.6. The molecule has 40 heavy (non-hydrogen) atoms. The molecule has 0 bridgehead atoms. The zero-order chi connectivity index (χ0) is 28.4. The third-order valence-corrected chi connectivity index (χ3v) is 6.82. The van der Waals surface area contributed by atoms with E-state index in [-0.39, 0.29) is 25.7 Å². The maximum absolute atomic E-state index is 12.7. The van der Waals surface area contributed by atoms with E-state index in [4.69, 9.17) is 18.9 Å². The first kappa shape index (κ1) is 29.4. The van der Waals surface area contributed by atoms with Gasteiger partial charge in [-0.3, -0.25) is 14.4 Å². The highest BCUT2D eigenvalue weighted by Crippen LogP contribution is 2.29. The van der Waals surface area contributed by atoms with Crippen LogP contribution < -0.4 is 14.2 Å². The Morgan fingerprint density at radius 1 is 1.05 bits per heavy atom. The van der Waals surface area contributed by atoms with Crippen molar-refractivity contribution < 1.29 is 28.8 Å². The molecule has 0 radical (unpaired) electrons. The van der Waals surface area contributed by atoms with Crippen LogP contribution in [0.25, 0.3) is 0 Å². The lowest BCUT2D eigenvalue weighted by Crippen LogP contribution is -2.52. The van der Waals surface area contributed by atoms with E-state index in [1.165, 1.54) is 7.11 Å². The van der Waals surface area contributed by atoms with Gasteiger partial charge < -0.3 is 29.0 Å². The molecule has 10 heteroatoms. The second-order valence-electron chi connectivity index (χ2n) is 10.2. The van der Waals surface area contributed by atoms with E-state index in [9.17, 15) is 9.90 Å². The highest BCUT2D eigenvalue weighted by atomic mass is 16.5. The molecule has 3 aromatic rings. The van der Waals surface area contributed by atoms with Crippen LogP contribution in [0.2, 0.25) is 0 Å². The van der Waals surface area contributed by atoms with Gasteiger partial charge in [-0.05, 0) is 42.8 Å². The highest BCUT2D eigenvalue weighted by Gasteiger charge is 2.37. The van der Waals surface area contributed by atoms with E-state index < -0.39 is 5.60 Å². The Hall–Kier alpha value is -3.60. The fourth-order valence-corrected chi connectivity index (χ4v) is 4.78. The number of aromatic nitrogens is 2. The molecule has 4 rings (SSSR count). The van der Waals surface area contributed by atoms with E-state index in [1.807, 2.05) is 66.3 Å². The maximum Gasteiger partial charge on any atom is 0.248 e. The Bertz CT molecular complexity index is 1200. The number of benzene rings is 2. The van der Waals surface area contributed by atoms with Gasteiger partial charge in [-0.25, -0.2) is 0 Å².